The van der Waals surface area contributed by atoms with Gasteiger partial charge in [-0.3, -0.25) is 9.59 Å². The first-order valence-corrected chi connectivity index (χ1v) is 9.74. The third-order valence-corrected chi connectivity index (χ3v) is 5.15. The highest BCUT2D eigenvalue weighted by Crippen LogP contribution is 2.47. The molecule has 0 radical (unpaired) electrons. The van der Waals surface area contributed by atoms with Crippen molar-refractivity contribution in [2.24, 2.45) is 5.92 Å². The van der Waals surface area contributed by atoms with E-state index in [2.05, 4.69) is 17.6 Å². The molecule has 3 atom stereocenters. The van der Waals surface area contributed by atoms with E-state index in [0.717, 1.165) is 28.7 Å². The fraction of sp³-hybridized carbons (Fsp3) is 0.455. The van der Waals surface area contributed by atoms with Crippen LogP contribution in [0.3, 0.4) is 0 Å². The third kappa shape index (κ3) is 5.22. The zero-order valence-electron chi connectivity index (χ0n) is 16.2. The number of furan rings is 1. The number of carbonyl (C=O) groups is 2. The molecule has 5 nitrogen and oxygen atoms in total. The van der Waals surface area contributed by atoms with E-state index in [1.165, 1.54) is 6.42 Å². The van der Waals surface area contributed by atoms with Gasteiger partial charge < -0.3 is 15.1 Å². The number of hydrogen-bond donors (Lipinski definition) is 2. The summed E-state index contributed by atoms with van der Waals surface area (Å²) in [6, 6.07) is 11.5. The predicted molar refractivity (Wildman–Crippen MR) is 105 cm³/mol. The Morgan fingerprint density at radius 1 is 1.15 bits per heavy atom. The lowest BCUT2D eigenvalue weighted by atomic mass is 10.1. The van der Waals surface area contributed by atoms with Crippen LogP contribution < -0.4 is 10.6 Å². The van der Waals surface area contributed by atoms with Crippen molar-refractivity contribution in [1.82, 2.24) is 5.32 Å². The molecule has 3 unspecified atom stereocenters. The predicted octanol–water partition coefficient (Wildman–Crippen LogP) is 4.56. The molecule has 1 aliphatic rings. The standard InChI is InChI=1S/C22H28N2O3/c1-4-21(25)24-17-7-5-16(6-8-17)15(3)23-22(26)12-10-18-9-11-20(27-18)19-13-14(19)2/h5-9,11,14-15,19H,4,10,12-13H2,1-3H3,(H,23,26)(H,24,25). The number of anilines is 1. The Hall–Kier alpha value is -2.56. The maximum Gasteiger partial charge on any atom is 0.224 e. The van der Waals surface area contributed by atoms with Crippen molar-refractivity contribution < 1.29 is 14.0 Å². The van der Waals surface area contributed by atoms with Crippen molar-refractivity contribution in [1.29, 1.82) is 0 Å². The third-order valence-electron chi connectivity index (χ3n) is 5.15. The molecule has 2 N–H and O–H groups in total. The minimum atomic E-state index is -0.0899. The minimum Gasteiger partial charge on any atom is -0.466 e. The first-order chi connectivity index (χ1) is 13.0. The van der Waals surface area contributed by atoms with Gasteiger partial charge >= 0.3 is 0 Å². The molecule has 0 bridgehead atoms. The highest BCUT2D eigenvalue weighted by atomic mass is 16.3. The quantitative estimate of drug-likeness (QED) is 0.717. The second kappa shape index (κ2) is 8.42. The van der Waals surface area contributed by atoms with Crippen LogP contribution in [0.1, 0.15) is 69.1 Å². The van der Waals surface area contributed by atoms with Crippen molar-refractivity contribution >= 4 is 17.5 Å². The largest absolute Gasteiger partial charge is 0.466 e. The highest BCUT2D eigenvalue weighted by molar-refractivity contribution is 5.90. The summed E-state index contributed by atoms with van der Waals surface area (Å²) >= 11 is 0. The van der Waals surface area contributed by atoms with Crippen LogP contribution in [0.25, 0.3) is 0 Å². The SMILES string of the molecule is CCC(=O)Nc1ccc(C(C)NC(=O)CCc2ccc(C3CC3C)o2)cc1. The topological polar surface area (TPSA) is 71.3 Å². The summed E-state index contributed by atoms with van der Waals surface area (Å²) in [7, 11) is 0. The van der Waals surface area contributed by atoms with E-state index in [9.17, 15) is 9.59 Å². The summed E-state index contributed by atoms with van der Waals surface area (Å²) in [5, 5.41) is 5.84. The summed E-state index contributed by atoms with van der Waals surface area (Å²) in [6.07, 6.45) is 2.67. The summed E-state index contributed by atoms with van der Waals surface area (Å²) in [6.45, 7) is 6.00. The Labute approximate surface area is 160 Å². The monoisotopic (exact) mass is 368 g/mol. The van der Waals surface area contributed by atoms with Gasteiger partial charge in [0.15, 0.2) is 0 Å². The first-order valence-electron chi connectivity index (χ1n) is 9.74. The zero-order chi connectivity index (χ0) is 19.4. The first kappa shape index (κ1) is 19.2. The van der Waals surface area contributed by atoms with Gasteiger partial charge in [0, 0.05) is 30.9 Å². The molecular formula is C22H28N2O3. The van der Waals surface area contributed by atoms with Gasteiger partial charge in [-0.25, -0.2) is 0 Å². The second-order valence-corrected chi connectivity index (χ2v) is 7.44. The molecule has 1 saturated carbocycles. The Kier molecular flexibility index (Phi) is 5.99. The molecule has 0 spiro atoms. The van der Waals surface area contributed by atoms with E-state index >= 15 is 0 Å². The molecule has 1 heterocycles. The molecule has 1 fully saturated rings. The Morgan fingerprint density at radius 2 is 1.85 bits per heavy atom. The molecule has 1 aromatic heterocycles. The lowest BCUT2D eigenvalue weighted by Crippen LogP contribution is -2.26. The Bertz CT molecular complexity index is 794. The van der Waals surface area contributed by atoms with Crippen LogP contribution >= 0.6 is 0 Å². The molecule has 1 aliphatic carbocycles. The maximum absolute atomic E-state index is 12.2. The number of hydrogen-bond acceptors (Lipinski definition) is 3. The van der Waals surface area contributed by atoms with Crippen molar-refractivity contribution in [2.75, 3.05) is 5.32 Å². The van der Waals surface area contributed by atoms with Gasteiger partial charge in [-0.2, -0.15) is 0 Å². The smallest absolute Gasteiger partial charge is 0.224 e. The van der Waals surface area contributed by atoms with E-state index in [4.69, 9.17) is 4.42 Å². The molecule has 1 aromatic carbocycles. The lowest BCUT2D eigenvalue weighted by Gasteiger charge is -2.15. The van der Waals surface area contributed by atoms with Crippen LogP contribution in [0, 0.1) is 5.92 Å². The van der Waals surface area contributed by atoms with Crippen molar-refractivity contribution in [3.63, 3.8) is 0 Å². The lowest BCUT2D eigenvalue weighted by molar-refractivity contribution is -0.121. The molecule has 0 aliphatic heterocycles. The van der Waals surface area contributed by atoms with Crippen LogP contribution in [-0.2, 0) is 16.0 Å². The van der Waals surface area contributed by atoms with E-state index in [1.54, 1.807) is 0 Å². The van der Waals surface area contributed by atoms with Crippen LogP contribution in [-0.4, -0.2) is 11.8 Å². The van der Waals surface area contributed by atoms with Gasteiger partial charge in [0.1, 0.15) is 11.5 Å². The molecule has 0 saturated heterocycles. The minimum absolute atomic E-state index is 0.00334. The van der Waals surface area contributed by atoms with Crippen LogP contribution in [0.4, 0.5) is 5.69 Å². The second-order valence-electron chi connectivity index (χ2n) is 7.44. The van der Waals surface area contributed by atoms with Gasteiger partial charge in [-0.15, -0.1) is 0 Å². The summed E-state index contributed by atoms with van der Waals surface area (Å²) < 4.78 is 5.86. The maximum atomic E-state index is 12.2. The van der Waals surface area contributed by atoms with E-state index < -0.39 is 0 Å². The molecule has 5 heteroatoms. The molecule has 3 rings (SSSR count). The number of aryl methyl sites for hydroxylation is 1. The van der Waals surface area contributed by atoms with Crippen molar-refractivity contribution in [3.05, 3.63) is 53.5 Å². The van der Waals surface area contributed by atoms with E-state index in [0.29, 0.717) is 25.2 Å². The van der Waals surface area contributed by atoms with Gasteiger partial charge in [0.2, 0.25) is 11.8 Å². The number of rotatable bonds is 8. The summed E-state index contributed by atoms with van der Waals surface area (Å²) in [5.41, 5.74) is 1.77. The van der Waals surface area contributed by atoms with Crippen LogP contribution in [0.5, 0.6) is 0 Å². The Morgan fingerprint density at radius 3 is 2.48 bits per heavy atom. The van der Waals surface area contributed by atoms with Crippen molar-refractivity contribution in [2.45, 2.75) is 58.4 Å². The fourth-order valence-corrected chi connectivity index (χ4v) is 3.18. The molecule has 27 heavy (non-hydrogen) atoms. The molecule has 144 valence electrons. The highest BCUT2D eigenvalue weighted by Gasteiger charge is 2.36. The fourth-order valence-electron chi connectivity index (χ4n) is 3.18. The zero-order valence-corrected chi connectivity index (χ0v) is 16.2. The number of nitrogens with one attached hydrogen (secondary N) is 2. The summed E-state index contributed by atoms with van der Waals surface area (Å²) in [5.74, 6) is 3.21. The summed E-state index contributed by atoms with van der Waals surface area (Å²) in [4.78, 5) is 23.7. The van der Waals surface area contributed by atoms with E-state index in [-0.39, 0.29) is 17.9 Å². The normalized spacial score (nSPS) is 19.4. The van der Waals surface area contributed by atoms with Gasteiger partial charge in [0.05, 0.1) is 6.04 Å². The number of benzene rings is 1. The average molecular weight is 368 g/mol. The molecule has 2 amide bonds. The van der Waals surface area contributed by atoms with Crippen LogP contribution in [0.2, 0.25) is 0 Å². The number of amides is 2. The average Bonchev–Trinajstić information content (AvgIpc) is 3.20. The van der Waals surface area contributed by atoms with Gasteiger partial charge in [-0.05, 0) is 49.1 Å². The van der Waals surface area contributed by atoms with Crippen LogP contribution in [0.15, 0.2) is 40.8 Å². The Balaban J connectivity index is 1.45. The number of carbonyl (C=O) groups excluding carboxylic acids is 2. The van der Waals surface area contributed by atoms with Crippen molar-refractivity contribution in [3.8, 4) is 0 Å². The van der Waals surface area contributed by atoms with Gasteiger partial charge in [-0.1, -0.05) is 26.0 Å². The van der Waals surface area contributed by atoms with Gasteiger partial charge in [0.25, 0.3) is 0 Å². The molecule has 2 aromatic rings. The van der Waals surface area contributed by atoms with E-state index in [1.807, 2.05) is 50.2 Å². The molecular weight excluding hydrogens is 340 g/mol.